The van der Waals surface area contributed by atoms with Gasteiger partial charge in [-0.25, -0.2) is 4.98 Å². The van der Waals surface area contributed by atoms with Crippen molar-refractivity contribution in [2.45, 2.75) is 46.6 Å². The van der Waals surface area contributed by atoms with Crippen LogP contribution in [0.5, 0.6) is 0 Å². The number of benzene rings is 1. The Balaban J connectivity index is 2.10. The van der Waals surface area contributed by atoms with E-state index in [1.165, 1.54) is 0 Å². The normalized spacial score (nSPS) is 15.5. The average molecular weight is 274 g/mol. The van der Waals surface area contributed by atoms with Crippen LogP contribution in [-0.2, 0) is 13.5 Å². The molecule has 1 aromatic carbocycles. The van der Waals surface area contributed by atoms with Gasteiger partial charge in [0, 0.05) is 13.5 Å². The molecule has 0 aliphatic rings. The number of aliphatic hydroxyl groups is 1. The van der Waals surface area contributed by atoms with Crippen molar-refractivity contribution < 1.29 is 5.11 Å². The standard InChI is InChI=1S/C17H26N2O/c1-12(17(2,3)4)10-13(20)11-16-18-14-8-6-7-9-15(14)19(16)5/h6-9,12-13,20H,10-11H2,1-5H3. The molecule has 0 saturated carbocycles. The van der Waals surface area contributed by atoms with Gasteiger partial charge in [0.15, 0.2) is 0 Å². The number of rotatable bonds is 4. The Morgan fingerprint density at radius 3 is 2.50 bits per heavy atom. The van der Waals surface area contributed by atoms with Crippen LogP contribution in [0.4, 0.5) is 0 Å². The summed E-state index contributed by atoms with van der Waals surface area (Å²) in [6.07, 6.45) is 1.10. The third kappa shape index (κ3) is 3.21. The zero-order chi connectivity index (χ0) is 14.9. The first-order chi connectivity index (χ1) is 9.29. The zero-order valence-electron chi connectivity index (χ0n) is 13.2. The van der Waals surface area contributed by atoms with Crippen molar-refractivity contribution in [3.63, 3.8) is 0 Å². The number of fused-ring (bicyclic) bond motifs is 1. The van der Waals surface area contributed by atoms with Crippen molar-refractivity contribution in [2.24, 2.45) is 18.4 Å². The van der Waals surface area contributed by atoms with Crippen molar-refractivity contribution in [1.82, 2.24) is 9.55 Å². The first kappa shape index (κ1) is 15.0. The average Bonchev–Trinajstić information content (AvgIpc) is 2.65. The molecule has 0 amide bonds. The summed E-state index contributed by atoms with van der Waals surface area (Å²) in [6.45, 7) is 8.87. The van der Waals surface area contributed by atoms with Crippen molar-refractivity contribution in [1.29, 1.82) is 0 Å². The topological polar surface area (TPSA) is 38.1 Å². The summed E-state index contributed by atoms with van der Waals surface area (Å²) < 4.78 is 2.08. The molecule has 2 rings (SSSR count). The van der Waals surface area contributed by atoms with Crippen molar-refractivity contribution in [2.75, 3.05) is 0 Å². The molecule has 0 radical (unpaired) electrons. The van der Waals surface area contributed by atoms with Crippen LogP contribution in [0.1, 0.15) is 39.9 Å². The molecule has 110 valence electrons. The van der Waals surface area contributed by atoms with Crippen LogP contribution < -0.4 is 0 Å². The molecule has 1 heterocycles. The van der Waals surface area contributed by atoms with Gasteiger partial charge in [-0.1, -0.05) is 39.8 Å². The first-order valence-electron chi connectivity index (χ1n) is 7.37. The van der Waals surface area contributed by atoms with Crippen molar-refractivity contribution >= 4 is 11.0 Å². The number of nitrogens with zero attached hydrogens (tertiary/aromatic N) is 2. The minimum absolute atomic E-state index is 0.229. The van der Waals surface area contributed by atoms with E-state index in [-0.39, 0.29) is 11.5 Å². The maximum atomic E-state index is 10.3. The molecule has 1 aromatic heterocycles. The Labute approximate surface area is 121 Å². The van der Waals surface area contributed by atoms with E-state index in [1.807, 2.05) is 25.2 Å². The Kier molecular flexibility index (Phi) is 4.19. The highest BCUT2D eigenvalue weighted by Crippen LogP contribution is 2.29. The molecule has 3 heteroatoms. The molecule has 2 atom stereocenters. The first-order valence-corrected chi connectivity index (χ1v) is 7.37. The summed E-state index contributed by atoms with van der Waals surface area (Å²) in [7, 11) is 2.02. The lowest BCUT2D eigenvalue weighted by Crippen LogP contribution is -2.24. The number of hydrogen-bond donors (Lipinski definition) is 1. The largest absolute Gasteiger partial charge is 0.393 e. The molecular formula is C17H26N2O. The summed E-state index contributed by atoms with van der Waals surface area (Å²) in [4.78, 5) is 4.62. The third-order valence-electron chi connectivity index (χ3n) is 4.40. The number of aliphatic hydroxyl groups excluding tert-OH is 1. The molecular weight excluding hydrogens is 248 g/mol. The van der Waals surface area contributed by atoms with Crippen LogP contribution in [0.25, 0.3) is 11.0 Å². The van der Waals surface area contributed by atoms with E-state index < -0.39 is 0 Å². The minimum atomic E-state index is -0.334. The van der Waals surface area contributed by atoms with Crippen molar-refractivity contribution in [3.8, 4) is 0 Å². The van der Waals surface area contributed by atoms with Gasteiger partial charge in [-0.15, -0.1) is 0 Å². The van der Waals surface area contributed by atoms with Gasteiger partial charge in [-0.05, 0) is 29.9 Å². The molecule has 0 aliphatic carbocycles. The zero-order valence-corrected chi connectivity index (χ0v) is 13.2. The maximum absolute atomic E-state index is 10.3. The molecule has 0 fully saturated rings. The third-order valence-corrected chi connectivity index (χ3v) is 4.40. The van der Waals surface area contributed by atoms with Crippen LogP contribution in [-0.4, -0.2) is 20.8 Å². The van der Waals surface area contributed by atoms with Gasteiger partial charge in [0.05, 0.1) is 17.1 Å². The molecule has 20 heavy (non-hydrogen) atoms. The highest BCUT2D eigenvalue weighted by molar-refractivity contribution is 5.75. The van der Waals surface area contributed by atoms with E-state index in [0.717, 1.165) is 23.3 Å². The minimum Gasteiger partial charge on any atom is -0.393 e. The molecule has 1 N–H and O–H groups in total. The van der Waals surface area contributed by atoms with E-state index >= 15 is 0 Å². The van der Waals surface area contributed by atoms with E-state index in [1.54, 1.807) is 0 Å². The molecule has 2 aromatic rings. The Hall–Kier alpha value is -1.35. The van der Waals surface area contributed by atoms with E-state index in [9.17, 15) is 5.11 Å². The Bertz CT molecular complexity index is 580. The highest BCUT2D eigenvalue weighted by Gasteiger charge is 2.23. The van der Waals surface area contributed by atoms with Crippen molar-refractivity contribution in [3.05, 3.63) is 30.1 Å². The number of aryl methyl sites for hydroxylation is 1. The van der Waals surface area contributed by atoms with Crippen LogP contribution >= 0.6 is 0 Å². The Morgan fingerprint density at radius 1 is 1.25 bits per heavy atom. The lowest BCUT2D eigenvalue weighted by Gasteiger charge is -2.29. The second-order valence-corrected chi connectivity index (χ2v) is 6.94. The summed E-state index contributed by atoms with van der Waals surface area (Å²) in [5.41, 5.74) is 2.35. The highest BCUT2D eigenvalue weighted by atomic mass is 16.3. The second kappa shape index (κ2) is 5.57. The van der Waals surface area contributed by atoms with Gasteiger partial charge in [-0.2, -0.15) is 0 Å². The maximum Gasteiger partial charge on any atom is 0.112 e. The fraction of sp³-hybridized carbons (Fsp3) is 0.588. The molecule has 2 unspecified atom stereocenters. The molecule has 0 aliphatic heterocycles. The predicted octanol–water partition coefficient (Wildman–Crippen LogP) is 3.55. The van der Waals surface area contributed by atoms with Crippen LogP contribution in [0, 0.1) is 11.3 Å². The fourth-order valence-corrected chi connectivity index (χ4v) is 2.43. The van der Waals surface area contributed by atoms with E-state index in [2.05, 4.69) is 43.3 Å². The molecule has 3 nitrogen and oxygen atoms in total. The number of aromatic nitrogens is 2. The molecule has 0 spiro atoms. The second-order valence-electron chi connectivity index (χ2n) is 6.94. The number of imidazole rings is 1. The van der Waals surface area contributed by atoms with Crippen LogP contribution in [0.15, 0.2) is 24.3 Å². The van der Waals surface area contributed by atoms with Crippen LogP contribution in [0.2, 0.25) is 0 Å². The van der Waals surface area contributed by atoms with Gasteiger partial charge >= 0.3 is 0 Å². The summed E-state index contributed by atoms with van der Waals surface area (Å²) in [5, 5.41) is 10.3. The Morgan fingerprint density at radius 2 is 1.90 bits per heavy atom. The quantitative estimate of drug-likeness (QED) is 0.926. The lowest BCUT2D eigenvalue weighted by molar-refractivity contribution is 0.108. The lowest BCUT2D eigenvalue weighted by atomic mass is 9.78. The molecule has 0 bridgehead atoms. The van der Waals surface area contributed by atoms with E-state index in [0.29, 0.717) is 12.3 Å². The molecule has 0 saturated heterocycles. The number of para-hydroxylation sites is 2. The summed E-state index contributed by atoms with van der Waals surface area (Å²) in [6, 6.07) is 8.10. The fourth-order valence-electron chi connectivity index (χ4n) is 2.43. The van der Waals surface area contributed by atoms with E-state index in [4.69, 9.17) is 0 Å². The number of hydrogen-bond acceptors (Lipinski definition) is 2. The van der Waals surface area contributed by atoms with Gasteiger partial charge in [0.2, 0.25) is 0 Å². The predicted molar refractivity (Wildman–Crippen MR) is 83.7 cm³/mol. The smallest absolute Gasteiger partial charge is 0.112 e. The summed E-state index contributed by atoms with van der Waals surface area (Å²) in [5.74, 6) is 1.44. The monoisotopic (exact) mass is 274 g/mol. The summed E-state index contributed by atoms with van der Waals surface area (Å²) >= 11 is 0. The van der Waals surface area contributed by atoms with Gasteiger partial charge in [0.25, 0.3) is 0 Å². The SMILES string of the molecule is CC(CC(O)Cc1nc2ccccc2n1C)C(C)(C)C. The van der Waals surface area contributed by atoms with Crippen LogP contribution in [0.3, 0.4) is 0 Å². The van der Waals surface area contributed by atoms with Gasteiger partial charge in [0.1, 0.15) is 5.82 Å². The van der Waals surface area contributed by atoms with Gasteiger partial charge < -0.3 is 9.67 Å². The van der Waals surface area contributed by atoms with Gasteiger partial charge in [-0.3, -0.25) is 0 Å².